The molecule has 0 fully saturated rings. The van der Waals surface area contributed by atoms with Gasteiger partial charge < -0.3 is 4.74 Å². The molecule has 0 saturated heterocycles. The SMILES string of the molecule is Cc1ccc(Cl)c(OCC(=O)NOCc2ccccc2)c1. The average molecular weight is 306 g/mol. The second-order valence-corrected chi connectivity index (χ2v) is 4.93. The van der Waals surface area contributed by atoms with Crippen molar-refractivity contribution in [3.8, 4) is 5.75 Å². The van der Waals surface area contributed by atoms with Crippen LogP contribution in [0.4, 0.5) is 0 Å². The summed E-state index contributed by atoms with van der Waals surface area (Å²) in [6, 6.07) is 14.9. The molecule has 4 nitrogen and oxygen atoms in total. The van der Waals surface area contributed by atoms with Gasteiger partial charge in [0.15, 0.2) is 6.61 Å². The van der Waals surface area contributed by atoms with E-state index in [1.54, 1.807) is 12.1 Å². The van der Waals surface area contributed by atoms with E-state index >= 15 is 0 Å². The molecule has 21 heavy (non-hydrogen) atoms. The molecule has 0 aliphatic carbocycles. The van der Waals surface area contributed by atoms with Gasteiger partial charge in [0.1, 0.15) is 5.75 Å². The largest absolute Gasteiger partial charge is 0.482 e. The minimum Gasteiger partial charge on any atom is -0.482 e. The van der Waals surface area contributed by atoms with E-state index in [2.05, 4.69) is 5.48 Å². The Kier molecular flexibility index (Phi) is 5.60. The highest BCUT2D eigenvalue weighted by Crippen LogP contribution is 2.24. The Morgan fingerprint density at radius 2 is 1.95 bits per heavy atom. The van der Waals surface area contributed by atoms with Crippen molar-refractivity contribution < 1.29 is 14.4 Å². The number of ether oxygens (including phenoxy) is 1. The van der Waals surface area contributed by atoms with Crippen LogP contribution < -0.4 is 10.2 Å². The van der Waals surface area contributed by atoms with Crippen LogP contribution in [0.3, 0.4) is 0 Å². The number of benzene rings is 2. The summed E-state index contributed by atoms with van der Waals surface area (Å²) in [4.78, 5) is 16.7. The second-order valence-electron chi connectivity index (χ2n) is 4.52. The lowest BCUT2D eigenvalue weighted by Crippen LogP contribution is -2.29. The van der Waals surface area contributed by atoms with Crippen LogP contribution in [0.25, 0.3) is 0 Å². The fraction of sp³-hybridized carbons (Fsp3) is 0.188. The third kappa shape index (κ3) is 5.10. The van der Waals surface area contributed by atoms with E-state index in [0.29, 0.717) is 17.4 Å². The topological polar surface area (TPSA) is 47.6 Å². The number of hydrogen-bond acceptors (Lipinski definition) is 3. The predicted octanol–water partition coefficient (Wildman–Crippen LogP) is 3.28. The van der Waals surface area contributed by atoms with Crippen LogP contribution in [0.15, 0.2) is 48.5 Å². The number of nitrogens with one attached hydrogen (secondary N) is 1. The van der Waals surface area contributed by atoms with Gasteiger partial charge in [0.25, 0.3) is 5.91 Å². The van der Waals surface area contributed by atoms with Crippen LogP contribution in [0, 0.1) is 6.92 Å². The van der Waals surface area contributed by atoms with Gasteiger partial charge in [0.05, 0.1) is 11.6 Å². The van der Waals surface area contributed by atoms with Crippen molar-refractivity contribution in [3.05, 3.63) is 64.7 Å². The smallest absolute Gasteiger partial charge is 0.281 e. The summed E-state index contributed by atoms with van der Waals surface area (Å²) in [6.07, 6.45) is 0. The molecule has 0 bridgehead atoms. The molecular formula is C16H16ClNO3. The van der Waals surface area contributed by atoms with E-state index in [9.17, 15) is 4.79 Å². The first-order valence-corrected chi connectivity index (χ1v) is 6.86. The van der Waals surface area contributed by atoms with Crippen molar-refractivity contribution in [2.45, 2.75) is 13.5 Å². The first-order valence-electron chi connectivity index (χ1n) is 6.48. The molecule has 2 aromatic rings. The standard InChI is InChI=1S/C16H16ClNO3/c1-12-7-8-14(17)15(9-12)20-11-16(19)18-21-10-13-5-3-2-4-6-13/h2-9H,10-11H2,1H3,(H,18,19). The van der Waals surface area contributed by atoms with E-state index < -0.39 is 0 Å². The second kappa shape index (κ2) is 7.67. The van der Waals surface area contributed by atoms with Gasteiger partial charge in [0.2, 0.25) is 0 Å². The molecular weight excluding hydrogens is 290 g/mol. The van der Waals surface area contributed by atoms with Gasteiger partial charge in [0, 0.05) is 0 Å². The van der Waals surface area contributed by atoms with Gasteiger partial charge in [-0.05, 0) is 30.2 Å². The number of carbonyl (C=O) groups is 1. The fourth-order valence-electron chi connectivity index (χ4n) is 1.67. The summed E-state index contributed by atoms with van der Waals surface area (Å²) in [5.74, 6) is 0.110. The summed E-state index contributed by atoms with van der Waals surface area (Å²) in [7, 11) is 0. The minimum absolute atomic E-state index is 0.155. The Morgan fingerprint density at radius 1 is 1.19 bits per heavy atom. The van der Waals surface area contributed by atoms with Gasteiger partial charge in [-0.25, -0.2) is 5.48 Å². The number of rotatable bonds is 6. The number of hydrogen-bond donors (Lipinski definition) is 1. The first-order chi connectivity index (χ1) is 10.1. The van der Waals surface area contributed by atoms with E-state index in [1.807, 2.05) is 43.3 Å². The third-order valence-corrected chi connectivity index (χ3v) is 3.03. The first kappa shape index (κ1) is 15.4. The molecule has 1 N–H and O–H groups in total. The molecule has 0 aliphatic rings. The molecule has 2 aromatic carbocycles. The van der Waals surface area contributed by atoms with E-state index in [1.165, 1.54) is 0 Å². The molecule has 0 radical (unpaired) electrons. The Bertz CT molecular complexity index is 602. The van der Waals surface area contributed by atoms with E-state index in [0.717, 1.165) is 11.1 Å². The maximum atomic E-state index is 11.6. The van der Waals surface area contributed by atoms with Crippen LogP contribution in [-0.4, -0.2) is 12.5 Å². The number of halogens is 1. The summed E-state index contributed by atoms with van der Waals surface area (Å²) < 4.78 is 5.36. The molecule has 0 aliphatic heterocycles. The molecule has 110 valence electrons. The van der Waals surface area contributed by atoms with Crippen molar-refractivity contribution in [1.29, 1.82) is 0 Å². The maximum Gasteiger partial charge on any atom is 0.281 e. The Balaban J connectivity index is 1.74. The monoisotopic (exact) mass is 305 g/mol. The van der Waals surface area contributed by atoms with Crippen molar-refractivity contribution >= 4 is 17.5 Å². The summed E-state index contributed by atoms with van der Waals surface area (Å²) >= 11 is 5.98. The predicted molar refractivity (Wildman–Crippen MR) is 81.1 cm³/mol. The highest BCUT2D eigenvalue weighted by Gasteiger charge is 2.06. The molecule has 0 unspecified atom stereocenters. The summed E-state index contributed by atoms with van der Waals surface area (Å²) in [5, 5.41) is 0.471. The Hall–Kier alpha value is -2.04. The normalized spacial score (nSPS) is 10.2. The zero-order valence-corrected chi connectivity index (χ0v) is 12.4. The molecule has 0 heterocycles. The molecule has 0 aromatic heterocycles. The lowest BCUT2D eigenvalue weighted by Gasteiger charge is -2.09. The van der Waals surface area contributed by atoms with Crippen molar-refractivity contribution in [1.82, 2.24) is 5.48 Å². The van der Waals surface area contributed by atoms with Crippen LogP contribution in [-0.2, 0) is 16.2 Å². The van der Waals surface area contributed by atoms with Crippen LogP contribution in [0.5, 0.6) is 5.75 Å². The van der Waals surface area contributed by atoms with E-state index in [4.69, 9.17) is 21.2 Å². The molecule has 0 spiro atoms. The van der Waals surface area contributed by atoms with Crippen molar-refractivity contribution in [2.75, 3.05) is 6.61 Å². The Labute approximate surface area is 128 Å². The van der Waals surface area contributed by atoms with Crippen molar-refractivity contribution in [2.24, 2.45) is 0 Å². The molecule has 2 rings (SSSR count). The van der Waals surface area contributed by atoms with Crippen LogP contribution in [0.2, 0.25) is 5.02 Å². The molecule has 0 saturated carbocycles. The number of hydroxylamine groups is 1. The summed E-state index contributed by atoms with van der Waals surface area (Å²) in [5.41, 5.74) is 4.31. The number of carbonyl (C=O) groups excluding carboxylic acids is 1. The maximum absolute atomic E-state index is 11.6. The fourth-order valence-corrected chi connectivity index (χ4v) is 1.84. The molecule has 0 atom stereocenters. The highest BCUT2D eigenvalue weighted by molar-refractivity contribution is 6.32. The lowest BCUT2D eigenvalue weighted by molar-refractivity contribution is -0.136. The number of aryl methyl sites for hydroxylation is 1. The minimum atomic E-state index is -0.372. The number of amides is 1. The Morgan fingerprint density at radius 3 is 2.71 bits per heavy atom. The van der Waals surface area contributed by atoms with Gasteiger partial charge in [-0.3, -0.25) is 9.63 Å². The molecule has 5 heteroatoms. The van der Waals surface area contributed by atoms with Gasteiger partial charge in [-0.15, -0.1) is 0 Å². The van der Waals surface area contributed by atoms with Crippen molar-refractivity contribution in [3.63, 3.8) is 0 Å². The average Bonchev–Trinajstić information content (AvgIpc) is 2.49. The zero-order chi connectivity index (χ0) is 15.1. The van der Waals surface area contributed by atoms with Crippen LogP contribution in [0.1, 0.15) is 11.1 Å². The van der Waals surface area contributed by atoms with Gasteiger partial charge in [-0.2, -0.15) is 0 Å². The summed E-state index contributed by atoms with van der Waals surface area (Å²) in [6.45, 7) is 2.07. The highest BCUT2D eigenvalue weighted by atomic mass is 35.5. The van der Waals surface area contributed by atoms with Crippen LogP contribution >= 0.6 is 11.6 Å². The third-order valence-electron chi connectivity index (χ3n) is 2.71. The van der Waals surface area contributed by atoms with E-state index in [-0.39, 0.29) is 12.5 Å². The zero-order valence-electron chi connectivity index (χ0n) is 11.6. The lowest BCUT2D eigenvalue weighted by atomic mass is 10.2. The van der Waals surface area contributed by atoms with Gasteiger partial charge in [-0.1, -0.05) is 48.0 Å². The molecule has 1 amide bonds. The van der Waals surface area contributed by atoms with Gasteiger partial charge >= 0.3 is 0 Å². The quantitative estimate of drug-likeness (QED) is 0.833.